The lowest BCUT2D eigenvalue weighted by molar-refractivity contribution is 0.0302. The molecule has 0 unspecified atom stereocenters. The van der Waals surface area contributed by atoms with E-state index in [1.165, 1.54) is 21.4 Å². The Balaban J connectivity index is 1.36. The molecule has 3 aromatic heterocycles. The molecule has 11 heteroatoms. The molecule has 10 nitrogen and oxygen atoms in total. The molecule has 5 aromatic rings. The minimum absolute atomic E-state index is 0.0337. The molecule has 1 aliphatic heterocycles. The number of aliphatic hydroxyl groups is 1. The van der Waals surface area contributed by atoms with Crippen LogP contribution < -0.4 is 16.4 Å². The summed E-state index contributed by atoms with van der Waals surface area (Å²) in [7, 11) is 1.61. The van der Waals surface area contributed by atoms with E-state index in [9.17, 15) is 19.5 Å². The van der Waals surface area contributed by atoms with Gasteiger partial charge in [0, 0.05) is 49.9 Å². The van der Waals surface area contributed by atoms with E-state index in [1.54, 1.807) is 66.8 Å². The Morgan fingerprint density at radius 1 is 1.04 bits per heavy atom. The predicted octanol–water partition coefficient (Wildman–Crippen LogP) is 4.90. The van der Waals surface area contributed by atoms with Crippen molar-refractivity contribution >= 4 is 28.2 Å². The summed E-state index contributed by atoms with van der Waals surface area (Å²) in [6, 6.07) is 15.1. The number of carbonyl (C=O) groups is 1. The van der Waals surface area contributed by atoms with Gasteiger partial charge < -0.3 is 24.6 Å². The third-order valence-corrected chi connectivity index (χ3v) is 8.46. The lowest BCUT2D eigenvalue weighted by Gasteiger charge is -2.26. The summed E-state index contributed by atoms with van der Waals surface area (Å²) < 4.78 is 23.4. The van der Waals surface area contributed by atoms with Crippen LogP contribution in [0.5, 0.6) is 0 Å². The van der Waals surface area contributed by atoms with Crippen LogP contribution in [-0.2, 0) is 23.8 Å². The van der Waals surface area contributed by atoms with E-state index in [4.69, 9.17) is 4.74 Å². The number of hydrogen-bond donors (Lipinski definition) is 2. The van der Waals surface area contributed by atoms with Gasteiger partial charge in [0.2, 0.25) is 0 Å². The van der Waals surface area contributed by atoms with Crippen LogP contribution in [0, 0.1) is 5.82 Å². The molecule has 242 valence electrons. The van der Waals surface area contributed by atoms with Crippen molar-refractivity contribution in [3.05, 3.63) is 116 Å². The normalized spacial score (nSPS) is 13.6. The third kappa shape index (κ3) is 6.19. The molecule has 0 saturated carbocycles. The van der Waals surface area contributed by atoms with Crippen molar-refractivity contribution in [2.75, 3.05) is 31.6 Å². The van der Waals surface area contributed by atoms with Gasteiger partial charge in [0.25, 0.3) is 17.0 Å². The fourth-order valence-corrected chi connectivity index (χ4v) is 5.82. The number of rotatable bonds is 6. The van der Waals surface area contributed by atoms with Gasteiger partial charge in [0.1, 0.15) is 17.3 Å². The number of morpholine rings is 1. The van der Waals surface area contributed by atoms with E-state index >= 15 is 4.39 Å². The van der Waals surface area contributed by atoms with Crippen LogP contribution in [0.15, 0.2) is 82.8 Å². The first-order valence-electron chi connectivity index (χ1n) is 15.4. The fraction of sp³-hybridized carbons (Fsp3) is 0.278. The molecule has 0 atom stereocenters. The maximum absolute atomic E-state index is 15.4. The van der Waals surface area contributed by atoms with Crippen LogP contribution in [-0.4, -0.2) is 56.3 Å². The highest BCUT2D eigenvalue weighted by Gasteiger charge is 2.21. The number of amides is 1. The van der Waals surface area contributed by atoms with E-state index in [1.807, 2.05) is 26.8 Å². The molecule has 0 bridgehead atoms. The summed E-state index contributed by atoms with van der Waals surface area (Å²) in [4.78, 5) is 45.7. The number of ether oxygens (including phenoxy) is 1. The number of aromatic nitrogens is 3. The largest absolute Gasteiger partial charge is 0.392 e. The number of aryl methyl sites for hydroxylation is 1. The molecule has 1 saturated heterocycles. The first kappa shape index (κ1) is 31.8. The zero-order chi connectivity index (χ0) is 33.5. The zero-order valence-electron chi connectivity index (χ0n) is 26.7. The molecule has 0 aliphatic carbocycles. The van der Waals surface area contributed by atoms with Crippen LogP contribution in [0.3, 0.4) is 0 Å². The number of benzene rings is 2. The molecular formula is C36H36FN5O5. The Kier molecular flexibility index (Phi) is 8.52. The molecule has 0 radical (unpaired) electrons. The number of carbonyl (C=O) groups excluding carboxylic acids is 1. The molecule has 0 spiro atoms. The summed E-state index contributed by atoms with van der Waals surface area (Å²) in [6.45, 7) is 7.55. The lowest BCUT2D eigenvalue weighted by atomic mass is 9.86. The average molecular weight is 638 g/mol. The number of pyridine rings is 3. The number of hydrogen-bond acceptors (Lipinski definition) is 7. The summed E-state index contributed by atoms with van der Waals surface area (Å²) in [6.07, 6.45) is 4.69. The van der Waals surface area contributed by atoms with Crippen molar-refractivity contribution in [1.82, 2.24) is 19.0 Å². The molecule has 4 heterocycles. The van der Waals surface area contributed by atoms with Crippen LogP contribution in [0.4, 0.5) is 15.9 Å². The quantitative estimate of drug-likeness (QED) is 0.272. The van der Waals surface area contributed by atoms with Crippen molar-refractivity contribution < 1.29 is 19.0 Å². The lowest BCUT2D eigenvalue weighted by Crippen LogP contribution is -2.40. The van der Waals surface area contributed by atoms with Crippen LogP contribution >= 0.6 is 0 Å². The number of nitrogens with zero attached hydrogens (tertiary/aromatic N) is 4. The Hall–Kier alpha value is -5.13. The zero-order valence-corrected chi connectivity index (χ0v) is 26.7. The molecular weight excluding hydrogens is 601 g/mol. The van der Waals surface area contributed by atoms with Gasteiger partial charge in [-0.1, -0.05) is 39.0 Å². The second-order valence-corrected chi connectivity index (χ2v) is 12.6. The monoisotopic (exact) mass is 637 g/mol. The molecule has 1 aliphatic rings. The van der Waals surface area contributed by atoms with E-state index < -0.39 is 18.0 Å². The molecule has 47 heavy (non-hydrogen) atoms. The summed E-state index contributed by atoms with van der Waals surface area (Å²) in [5.41, 5.74) is 2.26. The Morgan fingerprint density at radius 2 is 1.81 bits per heavy atom. The Labute approximate surface area is 270 Å². The summed E-state index contributed by atoms with van der Waals surface area (Å²) in [5, 5.41) is 14.1. The molecule has 2 aromatic carbocycles. The molecule has 1 amide bonds. The first-order chi connectivity index (χ1) is 22.5. The van der Waals surface area contributed by atoms with Crippen molar-refractivity contribution in [2.45, 2.75) is 32.8 Å². The van der Waals surface area contributed by atoms with Crippen LogP contribution in [0.1, 0.15) is 42.3 Å². The van der Waals surface area contributed by atoms with Gasteiger partial charge in [-0.05, 0) is 58.3 Å². The smallest absolute Gasteiger partial charge is 0.274 e. The number of anilines is 2. The van der Waals surface area contributed by atoms with E-state index in [0.29, 0.717) is 65.4 Å². The molecule has 2 N–H and O–H groups in total. The maximum atomic E-state index is 15.4. The van der Waals surface area contributed by atoms with E-state index in [0.717, 1.165) is 5.56 Å². The minimum atomic E-state index is -0.602. The van der Waals surface area contributed by atoms with Crippen LogP contribution in [0.2, 0.25) is 0 Å². The third-order valence-electron chi connectivity index (χ3n) is 8.46. The van der Waals surface area contributed by atoms with Crippen molar-refractivity contribution in [2.24, 2.45) is 7.05 Å². The average Bonchev–Trinajstić information content (AvgIpc) is 3.06. The highest BCUT2D eigenvalue weighted by molar-refractivity contribution is 5.94. The van der Waals surface area contributed by atoms with Gasteiger partial charge >= 0.3 is 0 Å². The number of halogens is 1. The van der Waals surface area contributed by atoms with E-state index in [-0.39, 0.29) is 28.0 Å². The number of aliphatic hydroxyl groups excluding tert-OH is 1. The Morgan fingerprint density at radius 3 is 2.49 bits per heavy atom. The predicted molar refractivity (Wildman–Crippen MR) is 179 cm³/mol. The van der Waals surface area contributed by atoms with Gasteiger partial charge in [-0.25, -0.2) is 9.37 Å². The standard InChI is InChI=1S/C36H36FN5O5/c1-36(2,3)25-16-22-10-11-42(35(46)32(22)28(37)18-25)30-7-5-6-26(27(30)21-43)24-17-29(34(45)40(4)20-24)39-31-9-8-23(19-38-31)33(44)41-12-14-47-15-13-41/h5-11,16-20,43H,12-15,21H2,1-4H3,(H,38,39). The minimum Gasteiger partial charge on any atom is -0.392 e. The fourth-order valence-electron chi connectivity index (χ4n) is 5.82. The second-order valence-electron chi connectivity index (χ2n) is 12.6. The topological polar surface area (TPSA) is 119 Å². The van der Waals surface area contributed by atoms with Crippen molar-refractivity contribution in [3.8, 4) is 16.8 Å². The number of fused-ring (bicyclic) bond motifs is 1. The molecule has 1 fully saturated rings. The Bertz CT molecular complexity index is 2110. The first-order valence-corrected chi connectivity index (χ1v) is 15.4. The summed E-state index contributed by atoms with van der Waals surface area (Å²) in [5.74, 6) is -0.368. The summed E-state index contributed by atoms with van der Waals surface area (Å²) >= 11 is 0. The van der Waals surface area contributed by atoms with E-state index in [2.05, 4.69) is 10.3 Å². The van der Waals surface area contributed by atoms with Crippen molar-refractivity contribution in [1.29, 1.82) is 0 Å². The van der Waals surface area contributed by atoms with Gasteiger partial charge in [0.15, 0.2) is 0 Å². The van der Waals surface area contributed by atoms with Crippen molar-refractivity contribution in [3.63, 3.8) is 0 Å². The van der Waals surface area contributed by atoms with Gasteiger partial charge in [-0.2, -0.15) is 0 Å². The van der Waals surface area contributed by atoms with Gasteiger partial charge in [-0.15, -0.1) is 0 Å². The SMILES string of the molecule is Cn1cc(-c2cccc(-n3ccc4cc(C(C)(C)C)cc(F)c4c3=O)c2CO)cc(Nc2ccc(C(=O)N3CCOCC3)cn2)c1=O. The highest BCUT2D eigenvalue weighted by atomic mass is 19.1. The maximum Gasteiger partial charge on any atom is 0.274 e. The highest BCUT2D eigenvalue weighted by Crippen LogP contribution is 2.31. The number of nitrogens with one attached hydrogen (secondary N) is 1. The second kappa shape index (κ2) is 12.6. The molecule has 6 rings (SSSR count). The van der Waals surface area contributed by atoms with Gasteiger partial charge in [-0.3, -0.25) is 19.0 Å². The van der Waals surface area contributed by atoms with Crippen LogP contribution in [0.25, 0.3) is 27.6 Å². The van der Waals surface area contributed by atoms with Gasteiger partial charge in [0.05, 0.1) is 36.5 Å².